The van der Waals surface area contributed by atoms with E-state index in [-0.39, 0.29) is 16.0 Å². The van der Waals surface area contributed by atoms with E-state index in [0.717, 1.165) is 17.7 Å². The standard InChI is InChI=1S/C15H13ClF2N2O2S/c1-9-3-5-11(6-4-9)23(21,22)20-19-15(16)14-10(2)12(17)7-8-13(14)18/h3-8,20H,1-2H3/b19-15-. The van der Waals surface area contributed by atoms with E-state index < -0.39 is 26.8 Å². The minimum absolute atomic E-state index is 0.0206. The molecule has 0 unspecified atom stereocenters. The molecule has 2 aromatic carbocycles. The van der Waals surface area contributed by atoms with Crippen LogP contribution >= 0.6 is 11.6 Å². The Kier molecular flexibility index (Phi) is 5.01. The second-order valence-electron chi connectivity index (χ2n) is 4.84. The Bertz CT molecular complexity index is 866. The molecule has 0 heterocycles. The molecule has 23 heavy (non-hydrogen) atoms. The number of hydrogen-bond donors (Lipinski definition) is 1. The van der Waals surface area contributed by atoms with Crippen LogP contribution in [0.4, 0.5) is 8.78 Å². The Morgan fingerprint density at radius 3 is 2.22 bits per heavy atom. The van der Waals surface area contributed by atoms with E-state index in [2.05, 4.69) is 5.10 Å². The first-order valence-corrected chi connectivity index (χ1v) is 8.35. The van der Waals surface area contributed by atoms with Gasteiger partial charge in [-0.25, -0.2) is 8.78 Å². The first-order chi connectivity index (χ1) is 10.7. The van der Waals surface area contributed by atoms with Crippen LogP contribution in [-0.2, 0) is 10.0 Å². The van der Waals surface area contributed by atoms with Gasteiger partial charge in [-0.15, -0.1) is 0 Å². The molecule has 2 rings (SSSR count). The summed E-state index contributed by atoms with van der Waals surface area (Å²) in [6.07, 6.45) is 0. The summed E-state index contributed by atoms with van der Waals surface area (Å²) < 4.78 is 51.4. The fourth-order valence-corrected chi connectivity index (χ4v) is 2.97. The van der Waals surface area contributed by atoms with Crippen LogP contribution < -0.4 is 4.83 Å². The molecule has 0 aliphatic carbocycles. The monoisotopic (exact) mass is 358 g/mol. The van der Waals surface area contributed by atoms with Gasteiger partial charge in [0.25, 0.3) is 10.0 Å². The molecule has 0 amide bonds. The molecule has 8 heteroatoms. The Morgan fingerprint density at radius 1 is 1.04 bits per heavy atom. The molecule has 0 bridgehead atoms. The van der Waals surface area contributed by atoms with Gasteiger partial charge in [0.2, 0.25) is 0 Å². The fraction of sp³-hybridized carbons (Fsp3) is 0.133. The van der Waals surface area contributed by atoms with Crippen molar-refractivity contribution in [3.63, 3.8) is 0 Å². The van der Waals surface area contributed by atoms with E-state index in [9.17, 15) is 17.2 Å². The summed E-state index contributed by atoms with van der Waals surface area (Å²) in [5.74, 6) is -1.47. The molecular weight excluding hydrogens is 346 g/mol. The van der Waals surface area contributed by atoms with E-state index in [1.54, 1.807) is 12.1 Å². The molecule has 122 valence electrons. The Balaban J connectivity index is 2.33. The maximum atomic E-state index is 13.8. The van der Waals surface area contributed by atoms with Gasteiger partial charge in [0.15, 0.2) is 5.17 Å². The van der Waals surface area contributed by atoms with Gasteiger partial charge in [0.05, 0.1) is 10.5 Å². The van der Waals surface area contributed by atoms with Crippen molar-refractivity contribution >= 4 is 26.8 Å². The molecular formula is C15H13ClF2N2O2S. The lowest BCUT2D eigenvalue weighted by molar-refractivity contribution is 0.583. The quantitative estimate of drug-likeness (QED) is 0.672. The van der Waals surface area contributed by atoms with Gasteiger partial charge in [-0.2, -0.15) is 18.4 Å². The molecule has 0 aliphatic heterocycles. The minimum Gasteiger partial charge on any atom is -0.207 e. The maximum Gasteiger partial charge on any atom is 0.276 e. The topological polar surface area (TPSA) is 58.5 Å². The van der Waals surface area contributed by atoms with E-state index in [1.165, 1.54) is 19.1 Å². The van der Waals surface area contributed by atoms with Gasteiger partial charge < -0.3 is 0 Å². The summed E-state index contributed by atoms with van der Waals surface area (Å²) in [5.41, 5.74) is 0.537. The van der Waals surface area contributed by atoms with E-state index in [4.69, 9.17) is 11.6 Å². The number of benzene rings is 2. The van der Waals surface area contributed by atoms with Gasteiger partial charge in [0, 0.05) is 0 Å². The first-order valence-electron chi connectivity index (χ1n) is 6.49. The van der Waals surface area contributed by atoms with Crippen LogP contribution in [0.3, 0.4) is 0 Å². The van der Waals surface area contributed by atoms with Crippen molar-refractivity contribution in [3.8, 4) is 0 Å². The van der Waals surface area contributed by atoms with Crippen LogP contribution in [0.25, 0.3) is 0 Å². The predicted octanol–water partition coefficient (Wildman–Crippen LogP) is 3.46. The Hall–Kier alpha value is -1.99. The molecule has 0 spiro atoms. The molecule has 0 aromatic heterocycles. The third-order valence-electron chi connectivity index (χ3n) is 3.15. The van der Waals surface area contributed by atoms with Crippen LogP contribution in [0, 0.1) is 25.5 Å². The lowest BCUT2D eigenvalue weighted by Gasteiger charge is -2.08. The Labute approximate surface area is 137 Å². The van der Waals surface area contributed by atoms with E-state index in [1.807, 2.05) is 11.8 Å². The molecule has 0 aliphatic rings. The van der Waals surface area contributed by atoms with Crippen molar-refractivity contribution < 1.29 is 17.2 Å². The molecule has 0 saturated heterocycles. The lowest BCUT2D eigenvalue weighted by atomic mass is 10.1. The van der Waals surface area contributed by atoms with Gasteiger partial charge in [-0.05, 0) is 43.7 Å². The summed E-state index contributed by atoms with van der Waals surface area (Å²) in [6.45, 7) is 3.13. The fourth-order valence-electron chi connectivity index (χ4n) is 1.83. The van der Waals surface area contributed by atoms with Crippen molar-refractivity contribution in [1.82, 2.24) is 4.83 Å². The van der Waals surface area contributed by atoms with Crippen LogP contribution in [0.2, 0.25) is 0 Å². The first kappa shape index (κ1) is 17.4. The molecule has 2 aromatic rings. The second kappa shape index (κ2) is 6.64. The lowest BCUT2D eigenvalue weighted by Crippen LogP contribution is -2.20. The highest BCUT2D eigenvalue weighted by atomic mass is 35.5. The summed E-state index contributed by atoms with van der Waals surface area (Å²) >= 11 is 5.82. The molecule has 4 nitrogen and oxygen atoms in total. The third-order valence-corrected chi connectivity index (χ3v) is 4.65. The van der Waals surface area contributed by atoms with Crippen LogP contribution in [-0.4, -0.2) is 13.6 Å². The van der Waals surface area contributed by atoms with E-state index in [0.29, 0.717) is 0 Å². The summed E-state index contributed by atoms with van der Waals surface area (Å²) in [6, 6.07) is 7.88. The van der Waals surface area contributed by atoms with Gasteiger partial charge in [0.1, 0.15) is 11.6 Å². The zero-order valence-electron chi connectivity index (χ0n) is 12.3. The summed E-state index contributed by atoms with van der Waals surface area (Å²) in [5, 5.41) is 2.97. The third kappa shape index (κ3) is 3.86. The predicted molar refractivity (Wildman–Crippen MR) is 85.0 cm³/mol. The SMILES string of the molecule is Cc1ccc(S(=O)(=O)N/N=C(\Cl)c2c(F)ccc(F)c2C)cc1. The average Bonchev–Trinajstić information content (AvgIpc) is 2.50. The zero-order chi connectivity index (χ0) is 17.2. The number of nitrogens with one attached hydrogen (secondary N) is 1. The molecule has 0 saturated carbocycles. The van der Waals surface area contributed by atoms with Crippen molar-refractivity contribution in [2.24, 2.45) is 5.10 Å². The van der Waals surface area contributed by atoms with Crippen LogP contribution in [0.1, 0.15) is 16.7 Å². The Morgan fingerprint density at radius 2 is 1.61 bits per heavy atom. The number of sulfonamides is 1. The normalized spacial score (nSPS) is 12.3. The maximum absolute atomic E-state index is 13.8. The number of hydrogen-bond acceptors (Lipinski definition) is 3. The molecule has 1 N–H and O–H groups in total. The number of rotatable bonds is 4. The van der Waals surface area contributed by atoms with Crippen LogP contribution in [0.5, 0.6) is 0 Å². The highest BCUT2D eigenvalue weighted by molar-refractivity contribution is 7.89. The average molecular weight is 359 g/mol. The summed E-state index contributed by atoms with van der Waals surface area (Å²) in [7, 11) is -3.95. The molecule has 0 atom stereocenters. The number of halogens is 3. The van der Waals surface area contributed by atoms with Gasteiger partial charge in [-0.3, -0.25) is 0 Å². The summed E-state index contributed by atoms with van der Waals surface area (Å²) in [4.78, 5) is 1.89. The smallest absolute Gasteiger partial charge is 0.207 e. The van der Waals surface area contributed by atoms with Crippen molar-refractivity contribution in [2.75, 3.05) is 0 Å². The van der Waals surface area contributed by atoms with Crippen molar-refractivity contribution in [2.45, 2.75) is 18.7 Å². The second-order valence-corrected chi connectivity index (χ2v) is 6.86. The van der Waals surface area contributed by atoms with Gasteiger partial charge in [-0.1, -0.05) is 29.3 Å². The largest absolute Gasteiger partial charge is 0.276 e. The minimum atomic E-state index is -3.95. The van der Waals surface area contributed by atoms with Crippen LogP contribution in [0.15, 0.2) is 46.4 Å². The van der Waals surface area contributed by atoms with Crippen molar-refractivity contribution in [1.29, 1.82) is 0 Å². The zero-order valence-corrected chi connectivity index (χ0v) is 13.8. The highest BCUT2D eigenvalue weighted by Crippen LogP contribution is 2.19. The van der Waals surface area contributed by atoms with E-state index >= 15 is 0 Å². The molecule has 0 fully saturated rings. The van der Waals surface area contributed by atoms with Crippen molar-refractivity contribution in [3.05, 3.63) is 64.7 Å². The number of hydrazone groups is 1. The molecule has 0 radical (unpaired) electrons. The highest BCUT2D eigenvalue weighted by Gasteiger charge is 2.17. The number of aryl methyl sites for hydroxylation is 1. The van der Waals surface area contributed by atoms with Gasteiger partial charge >= 0.3 is 0 Å². The number of nitrogens with zero attached hydrogens (tertiary/aromatic N) is 1.